The molecule has 1 aromatic heterocycles. The van der Waals surface area contributed by atoms with Gasteiger partial charge in [-0.3, -0.25) is 0 Å². The summed E-state index contributed by atoms with van der Waals surface area (Å²) in [6.07, 6.45) is 2.72. The summed E-state index contributed by atoms with van der Waals surface area (Å²) in [5, 5.41) is 6.97. The van der Waals surface area contributed by atoms with E-state index in [4.69, 9.17) is 11.6 Å². The molecular formula is C12H21ClN4S. The molecule has 18 heavy (non-hydrogen) atoms. The van der Waals surface area contributed by atoms with Crippen molar-refractivity contribution in [2.45, 2.75) is 33.2 Å². The first-order valence-corrected chi connectivity index (χ1v) is 7.81. The van der Waals surface area contributed by atoms with E-state index in [0.717, 1.165) is 24.5 Å². The molecule has 1 heterocycles. The van der Waals surface area contributed by atoms with Crippen LogP contribution in [0.1, 0.15) is 27.2 Å². The zero-order valence-corrected chi connectivity index (χ0v) is 12.7. The standard InChI is InChI=1S/C12H21ClN4S/c1-4-14-12-15-8-10(13)11(17-12)16-9(3)6-7-18-5-2/h8-9H,4-7H2,1-3H3,(H2,14,15,16,17). The molecule has 0 aliphatic rings. The van der Waals surface area contributed by atoms with Crippen molar-refractivity contribution in [3.8, 4) is 0 Å². The number of thioether (sulfide) groups is 1. The molecule has 0 aromatic carbocycles. The lowest BCUT2D eigenvalue weighted by molar-refractivity contribution is 0.766. The Morgan fingerprint density at radius 1 is 1.44 bits per heavy atom. The highest BCUT2D eigenvalue weighted by Gasteiger charge is 2.08. The average molecular weight is 289 g/mol. The van der Waals surface area contributed by atoms with Crippen LogP contribution in [0, 0.1) is 0 Å². The van der Waals surface area contributed by atoms with E-state index in [9.17, 15) is 0 Å². The number of hydrogen-bond donors (Lipinski definition) is 2. The average Bonchev–Trinajstić information content (AvgIpc) is 2.34. The monoisotopic (exact) mass is 288 g/mol. The minimum Gasteiger partial charge on any atom is -0.366 e. The fourth-order valence-electron chi connectivity index (χ4n) is 1.42. The van der Waals surface area contributed by atoms with Gasteiger partial charge in [-0.1, -0.05) is 18.5 Å². The first-order chi connectivity index (χ1) is 8.67. The van der Waals surface area contributed by atoms with Crippen LogP contribution in [0.15, 0.2) is 6.20 Å². The maximum Gasteiger partial charge on any atom is 0.224 e. The lowest BCUT2D eigenvalue weighted by Gasteiger charge is -2.15. The zero-order valence-electron chi connectivity index (χ0n) is 11.2. The summed E-state index contributed by atoms with van der Waals surface area (Å²) in [6.45, 7) is 7.12. The summed E-state index contributed by atoms with van der Waals surface area (Å²) in [5.41, 5.74) is 0. The minimum atomic E-state index is 0.353. The van der Waals surface area contributed by atoms with E-state index in [1.54, 1.807) is 6.20 Å². The third-order valence-corrected chi connectivity index (χ3v) is 3.57. The Kier molecular flexibility index (Phi) is 7.20. The van der Waals surface area contributed by atoms with Gasteiger partial charge in [-0.05, 0) is 31.8 Å². The molecule has 1 unspecified atom stereocenters. The summed E-state index contributed by atoms with van der Waals surface area (Å²) >= 11 is 8.03. The van der Waals surface area contributed by atoms with Crippen molar-refractivity contribution in [3.05, 3.63) is 11.2 Å². The normalized spacial score (nSPS) is 12.2. The Morgan fingerprint density at radius 2 is 2.22 bits per heavy atom. The Labute approximate surface area is 118 Å². The molecular weight excluding hydrogens is 268 g/mol. The van der Waals surface area contributed by atoms with E-state index < -0.39 is 0 Å². The molecule has 0 aliphatic carbocycles. The second-order valence-electron chi connectivity index (χ2n) is 3.95. The number of hydrogen-bond acceptors (Lipinski definition) is 5. The van der Waals surface area contributed by atoms with Crippen molar-refractivity contribution in [1.29, 1.82) is 0 Å². The highest BCUT2D eigenvalue weighted by Crippen LogP contribution is 2.21. The van der Waals surface area contributed by atoms with Gasteiger partial charge < -0.3 is 10.6 Å². The Hall–Kier alpha value is -0.680. The van der Waals surface area contributed by atoms with E-state index in [0.29, 0.717) is 22.8 Å². The molecule has 1 rings (SSSR count). The van der Waals surface area contributed by atoms with Gasteiger partial charge in [0.2, 0.25) is 5.95 Å². The summed E-state index contributed by atoms with van der Waals surface area (Å²) in [7, 11) is 0. The first-order valence-electron chi connectivity index (χ1n) is 6.28. The quantitative estimate of drug-likeness (QED) is 0.717. The fraction of sp³-hybridized carbons (Fsp3) is 0.667. The lowest BCUT2D eigenvalue weighted by Crippen LogP contribution is -2.18. The number of nitrogens with one attached hydrogen (secondary N) is 2. The molecule has 102 valence electrons. The third kappa shape index (κ3) is 5.31. The number of halogens is 1. The van der Waals surface area contributed by atoms with E-state index >= 15 is 0 Å². The lowest BCUT2D eigenvalue weighted by atomic mass is 10.2. The van der Waals surface area contributed by atoms with Crippen molar-refractivity contribution in [2.24, 2.45) is 0 Å². The minimum absolute atomic E-state index is 0.353. The summed E-state index contributed by atoms with van der Waals surface area (Å²) in [6, 6.07) is 0.353. The van der Waals surface area contributed by atoms with E-state index in [1.807, 2.05) is 18.7 Å². The smallest absolute Gasteiger partial charge is 0.224 e. The molecule has 0 fully saturated rings. The van der Waals surface area contributed by atoms with Crippen molar-refractivity contribution < 1.29 is 0 Å². The topological polar surface area (TPSA) is 49.8 Å². The van der Waals surface area contributed by atoms with Gasteiger partial charge in [0.15, 0.2) is 5.82 Å². The molecule has 1 atom stereocenters. The van der Waals surface area contributed by atoms with Crippen LogP contribution in [-0.2, 0) is 0 Å². The number of rotatable bonds is 8. The summed E-state index contributed by atoms with van der Waals surface area (Å²) < 4.78 is 0. The Balaban J connectivity index is 2.56. The maximum atomic E-state index is 6.08. The molecule has 0 radical (unpaired) electrons. The van der Waals surface area contributed by atoms with Gasteiger partial charge in [0.1, 0.15) is 5.02 Å². The number of nitrogens with zero attached hydrogens (tertiary/aromatic N) is 2. The Bertz CT molecular complexity index is 362. The summed E-state index contributed by atoms with van der Waals surface area (Å²) in [5.74, 6) is 3.62. The van der Waals surface area contributed by atoms with Crippen LogP contribution in [0.25, 0.3) is 0 Å². The van der Waals surface area contributed by atoms with Gasteiger partial charge in [0.25, 0.3) is 0 Å². The second-order valence-corrected chi connectivity index (χ2v) is 5.75. The highest BCUT2D eigenvalue weighted by atomic mass is 35.5. The van der Waals surface area contributed by atoms with Gasteiger partial charge in [0, 0.05) is 12.6 Å². The Morgan fingerprint density at radius 3 is 2.89 bits per heavy atom. The SMILES string of the molecule is CCNc1ncc(Cl)c(NC(C)CCSCC)n1. The predicted molar refractivity (Wildman–Crippen MR) is 81.9 cm³/mol. The maximum absolute atomic E-state index is 6.08. The predicted octanol–water partition coefficient (Wildman–Crippen LogP) is 3.51. The molecule has 0 bridgehead atoms. The second kappa shape index (κ2) is 8.43. The number of anilines is 2. The van der Waals surface area contributed by atoms with Crippen LogP contribution in [0.3, 0.4) is 0 Å². The van der Waals surface area contributed by atoms with Gasteiger partial charge >= 0.3 is 0 Å². The van der Waals surface area contributed by atoms with Gasteiger partial charge in [-0.2, -0.15) is 16.7 Å². The van der Waals surface area contributed by atoms with Crippen LogP contribution in [0.4, 0.5) is 11.8 Å². The molecule has 0 saturated heterocycles. The first kappa shape index (κ1) is 15.4. The van der Waals surface area contributed by atoms with Crippen LogP contribution in [0.2, 0.25) is 5.02 Å². The van der Waals surface area contributed by atoms with Crippen LogP contribution in [0.5, 0.6) is 0 Å². The largest absolute Gasteiger partial charge is 0.366 e. The fourth-order valence-corrected chi connectivity index (χ4v) is 2.38. The molecule has 4 nitrogen and oxygen atoms in total. The molecule has 0 aliphatic heterocycles. The summed E-state index contributed by atoms with van der Waals surface area (Å²) in [4.78, 5) is 8.47. The zero-order chi connectivity index (χ0) is 13.4. The van der Waals surface area contributed by atoms with Crippen LogP contribution in [-0.4, -0.2) is 34.1 Å². The van der Waals surface area contributed by atoms with Crippen LogP contribution < -0.4 is 10.6 Å². The van der Waals surface area contributed by atoms with Crippen molar-refractivity contribution in [2.75, 3.05) is 28.7 Å². The van der Waals surface area contributed by atoms with E-state index in [-0.39, 0.29) is 0 Å². The van der Waals surface area contributed by atoms with Crippen LogP contribution >= 0.6 is 23.4 Å². The van der Waals surface area contributed by atoms with Crippen molar-refractivity contribution in [1.82, 2.24) is 9.97 Å². The van der Waals surface area contributed by atoms with E-state index in [1.165, 1.54) is 0 Å². The van der Waals surface area contributed by atoms with Crippen molar-refractivity contribution in [3.63, 3.8) is 0 Å². The van der Waals surface area contributed by atoms with Gasteiger partial charge in [-0.25, -0.2) is 4.98 Å². The molecule has 1 aromatic rings. The van der Waals surface area contributed by atoms with Gasteiger partial charge in [0.05, 0.1) is 6.20 Å². The molecule has 0 saturated carbocycles. The molecule has 0 spiro atoms. The molecule has 0 amide bonds. The highest BCUT2D eigenvalue weighted by molar-refractivity contribution is 7.99. The molecule has 6 heteroatoms. The van der Waals surface area contributed by atoms with E-state index in [2.05, 4.69) is 34.4 Å². The molecule has 2 N–H and O–H groups in total. The van der Waals surface area contributed by atoms with Crippen molar-refractivity contribution >= 4 is 35.1 Å². The third-order valence-electron chi connectivity index (χ3n) is 2.36. The van der Waals surface area contributed by atoms with Gasteiger partial charge in [-0.15, -0.1) is 0 Å². The number of aromatic nitrogens is 2.